The molecule has 3 N–H and O–H groups in total. The Labute approximate surface area is 91.8 Å². The third-order valence-electron chi connectivity index (χ3n) is 2.39. The van der Waals surface area contributed by atoms with Gasteiger partial charge in [0.15, 0.2) is 0 Å². The Balaban J connectivity index is 2.24. The summed E-state index contributed by atoms with van der Waals surface area (Å²) in [5.41, 5.74) is 7.33. The summed E-state index contributed by atoms with van der Waals surface area (Å²) in [5.74, 6) is -0.425. The lowest BCUT2D eigenvalue weighted by Crippen LogP contribution is -2.33. The number of H-pyrrole nitrogens is 1. The van der Waals surface area contributed by atoms with Gasteiger partial charge in [-0.25, -0.2) is 9.97 Å². The van der Waals surface area contributed by atoms with Crippen LogP contribution >= 0.6 is 0 Å². The van der Waals surface area contributed by atoms with Crippen LogP contribution in [0.1, 0.15) is 5.56 Å². The fraction of sp³-hybridized carbons (Fsp3) is 0.300. The van der Waals surface area contributed by atoms with Crippen molar-refractivity contribution in [3.05, 3.63) is 24.3 Å². The van der Waals surface area contributed by atoms with E-state index in [9.17, 15) is 4.79 Å². The zero-order valence-corrected chi connectivity index (χ0v) is 8.80. The summed E-state index contributed by atoms with van der Waals surface area (Å²) in [7, 11) is 1.32. The summed E-state index contributed by atoms with van der Waals surface area (Å²) in [5, 5.41) is 0.877. The molecule has 0 amide bonds. The smallest absolute Gasteiger partial charge is 0.322 e. The summed E-state index contributed by atoms with van der Waals surface area (Å²) in [6.07, 6.45) is 5.34. The number of nitrogens with two attached hydrogens (primary N) is 1. The number of aromatic amines is 1. The molecule has 84 valence electrons. The van der Waals surface area contributed by atoms with Crippen molar-refractivity contribution in [2.75, 3.05) is 7.11 Å². The third kappa shape index (κ3) is 1.87. The highest BCUT2D eigenvalue weighted by molar-refractivity contribution is 5.81. The van der Waals surface area contributed by atoms with E-state index < -0.39 is 12.0 Å². The summed E-state index contributed by atoms with van der Waals surface area (Å²) in [6.45, 7) is 0. The van der Waals surface area contributed by atoms with Crippen molar-refractivity contribution in [3.63, 3.8) is 0 Å². The molecule has 0 aliphatic rings. The molecule has 16 heavy (non-hydrogen) atoms. The van der Waals surface area contributed by atoms with Crippen LogP contribution in [0.25, 0.3) is 11.0 Å². The first-order chi connectivity index (χ1) is 7.72. The summed E-state index contributed by atoms with van der Waals surface area (Å²) in [6, 6.07) is -0.663. The van der Waals surface area contributed by atoms with Gasteiger partial charge >= 0.3 is 5.97 Å². The molecule has 0 saturated carbocycles. The molecule has 2 aromatic rings. The molecule has 0 fully saturated rings. The minimum Gasteiger partial charge on any atom is -0.468 e. The molecule has 2 heterocycles. The largest absolute Gasteiger partial charge is 0.468 e. The van der Waals surface area contributed by atoms with Gasteiger partial charge in [0.05, 0.1) is 7.11 Å². The van der Waals surface area contributed by atoms with Gasteiger partial charge in [0.2, 0.25) is 0 Å². The summed E-state index contributed by atoms with van der Waals surface area (Å²) < 4.78 is 4.57. The van der Waals surface area contributed by atoms with Crippen molar-refractivity contribution in [1.29, 1.82) is 0 Å². The number of hydrogen-bond acceptors (Lipinski definition) is 5. The second kappa shape index (κ2) is 4.28. The lowest BCUT2D eigenvalue weighted by Gasteiger charge is -2.07. The molecular formula is C10H12N4O2. The first kappa shape index (κ1) is 10.6. The SMILES string of the molecule is COC(=O)C(N)Cc1c[nH]c2ncncc12. The van der Waals surface area contributed by atoms with E-state index in [1.54, 1.807) is 12.4 Å². The van der Waals surface area contributed by atoms with Gasteiger partial charge < -0.3 is 15.5 Å². The number of aromatic nitrogens is 3. The Kier molecular flexibility index (Phi) is 2.82. The van der Waals surface area contributed by atoms with E-state index in [2.05, 4.69) is 19.7 Å². The lowest BCUT2D eigenvalue weighted by molar-refractivity contribution is -0.142. The standard InChI is InChI=1S/C10H12N4O2/c1-16-10(15)8(11)2-6-3-13-9-7(6)4-12-5-14-9/h3-5,8H,2,11H2,1H3,(H,12,13,14). The lowest BCUT2D eigenvalue weighted by atomic mass is 10.1. The number of hydrogen-bond donors (Lipinski definition) is 2. The van der Waals surface area contributed by atoms with E-state index in [-0.39, 0.29) is 0 Å². The molecule has 6 nitrogen and oxygen atoms in total. The van der Waals surface area contributed by atoms with Gasteiger partial charge in [0.25, 0.3) is 0 Å². The van der Waals surface area contributed by atoms with E-state index in [4.69, 9.17) is 5.73 Å². The van der Waals surface area contributed by atoms with Gasteiger partial charge in [-0.2, -0.15) is 0 Å². The first-order valence-electron chi connectivity index (χ1n) is 4.81. The maximum Gasteiger partial charge on any atom is 0.322 e. The van der Waals surface area contributed by atoms with Crippen molar-refractivity contribution in [3.8, 4) is 0 Å². The minimum absolute atomic E-state index is 0.403. The molecule has 6 heteroatoms. The van der Waals surface area contributed by atoms with Crippen LogP contribution in [0.4, 0.5) is 0 Å². The number of ether oxygens (including phenoxy) is 1. The molecule has 0 saturated heterocycles. The van der Waals surface area contributed by atoms with Crippen molar-refractivity contribution in [2.24, 2.45) is 5.73 Å². The highest BCUT2D eigenvalue weighted by Crippen LogP contribution is 2.15. The monoisotopic (exact) mass is 220 g/mol. The zero-order chi connectivity index (χ0) is 11.5. The highest BCUT2D eigenvalue weighted by Gasteiger charge is 2.16. The van der Waals surface area contributed by atoms with Crippen LogP contribution in [0.3, 0.4) is 0 Å². The molecule has 2 aromatic heterocycles. The number of esters is 1. The number of nitrogens with zero attached hydrogens (tertiary/aromatic N) is 2. The number of nitrogens with one attached hydrogen (secondary N) is 1. The molecule has 1 unspecified atom stereocenters. The topological polar surface area (TPSA) is 93.9 Å². The first-order valence-corrected chi connectivity index (χ1v) is 4.81. The fourth-order valence-electron chi connectivity index (χ4n) is 1.55. The van der Waals surface area contributed by atoms with E-state index in [1.165, 1.54) is 13.4 Å². The molecule has 0 bridgehead atoms. The van der Waals surface area contributed by atoms with Crippen molar-refractivity contribution >= 4 is 17.0 Å². The Morgan fingerprint density at radius 2 is 2.50 bits per heavy atom. The van der Waals surface area contributed by atoms with Gasteiger partial charge in [0, 0.05) is 24.2 Å². The maximum atomic E-state index is 11.2. The van der Waals surface area contributed by atoms with Gasteiger partial charge in [-0.15, -0.1) is 0 Å². The quantitative estimate of drug-likeness (QED) is 0.710. The number of carbonyl (C=O) groups excluding carboxylic acids is 1. The number of fused-ring (bicyclic) bond motifs is 1. The van der Waals surface area contributed by atoms with Crippen LogP contribution in [0.15, 0.2) is 18.7 Å². The maximum absolute atomic E-state index is 11.2. The second-order valence-corrected chi connectivity index (χ2v) is 3.43. The number of carbonyl (C=O) groups is 1. The number of rotatable bonds is 3. The highest BCUT2D eigenvalue weighted by atomic mass is 16.5. The molecular weight excluding hydrogens is 208 g/mol. The Bertz CT molecular complexity index is 508. The summed E-state index contributed by atoms with van der Waals surface area (Å²) in [4.78, 5) is 22.2. The Morgan fingerprint density at radius 1 is 1.69 bits per heavy atom. The number of methoxy groups -OCH3 is 1. The van der Waals surface area contributed by atoms with Crippen molar-refractivity contribution < 1.29 is 9.53 Å². The summed E-state index contributed by atoms with van der Waals surface area (Å²) >= 11 is 0. The predicted molar refractivity (Wildman–Crippen MR) is 57.6 cm³/mol. The van der Waals surface area contributed by atoms with Crippen LogP contribution in [0.5, 0.6) is 0 Å². The van der Waals surface area contributed by atoms with Gasteiger partial charge in [-0.05, 0) is 5.56 Å². The van der Waals surface area contributed by atoms with Crippen LogP contribution in [0, 0.1) is 0 Å². The normalized spacial score (nSPS) is 12.6. The molecule has 0 aliphatic heterocycles. The van der Waals surface area contributed by atoms with Gasteiger partial charge in [0.1, 0.15) is 18.0 Å². The van der Waals surface area contributed by atoms with E-state index in [0.717, 1.165) is 16.6 Å². The van der Waals surface area contributed by atoms with Crippen molar-refractivity contribution in [1.82, 2.24) is 15.0 Å². The zero-order valence-electron chi connectivity index (χ0n) is 8.80. The molecule has 0 aromatic carbocycles. The molecule has 0 radical (unpaired) electrons. The molecule has 2 rings (SSSR count). The predicted octanol–water partition coefficient (Wildman–Crippen LogP) is 0.000700. The average molecular weight is 220 g/mol. The molecule has 1 atom stereocenters. The Hall–Kier alpha value is -1.95. The molecule has 0 spiro atoms. The second-order valence-electron chi connectivity index (χ2n) is 3.43. The Morgan fingerprint density at radius 3 is 3.25 bits per heavy atom. The fourth-order valence-corrected chi connectivity index (χ4v) is 1.55. The van der Waals surface area contributed by atoms with Crippen LogP contribution in [-0.2, 0) is 16.0 Å². The van der Waals surface area contributed by atoms with E-state index >= 15 is 0 Å². The van der Waals surface area contributed by atoms with Gasteiger partial charge in [-0.1, -0.05) is 0 Å². The minimum atomic E-state index is -0.663. The van der Waals surface area contributed by atoms with Crippen LogP contribution in [0.2, 0.25) is 0 Å². The van der Waals surface area contributed by atoms with Gasteiger partial charge in [-0.3, -0.25) is 4.79 Å². The van der Waals surface area contributed by atoms with E-state index in [0.29, 0.717) is 6.42 Å². The van der Waals surface area contributed by atoms with E-state index in [1.807, 2.05) is 0 Å². The van der Waals surface area contributed by atoms with Crippen LogP contribution < -0.4 is 5.73 Å². The molecule has 0 aliphatic carbocycles. The van der Waals surface area contributed by atoms with Crippen molar-refractivity contribution in [2.45, 2.75) is 12.5 Å². The average Bonchev–Trinajstić information content (AvgIpc) is 2.72. The van der Waals surface area contributed by atoms with Crippen LogP contribution in [-0.4, -0.2) is 34.1 Å². The third-order valence-corrected chi connectivity index (χ3v) is 2.39.